The van der Waals surface area contributed by atoms with Crippen LogP contribution in [0.25, 0.3) is 0 Å². The number of aliphatic hydroxyl groups excluding tert-OH is 1. The van der Waals surface area contributed by atoms with Crippen molar-refractivity contribution in [1.82, 2.24) is 0 Å². The van der Waals surface area contributed by atoms with Gasteiger partial charge in [-0.15, -0.1) is 11.6 Å². The number of hydrogen-bond acceptors (Lipinski definition) is 1. The molecule has 0 saturated carbocycles. The standard InChI is InChI=1S/C12H17ClO/c1-3-9-5-6-10(4-2)11(7-9)12(14)8-13/h5-7,12,14H,3-4,8H2,1-2H3/t12-/m0/s1. The van der Waals surface area contributed by atoms with Crippen molar-refractivity contribution >= 4 is 11.6 Å². The predicted molar refractivity (Wildman–Crippen MR) is 60.9 cm³/mol. The first-order valence-corrected chi connectivity index (χ1v) is 5.62. The molecular formula is C12H17ClO. The number of aryl methyl sites for hydroxylation is 2. The van der Waals surface area contributed by atoms with Gasteiger partial charge < -0.3 is 5.11 Å². The molecule has 0 amide bonds. The quantitative estimate of drug-likeness (QED) is 0.761. The minimum atomic E-state index is -0.530. The Balaban J connectivity index is 3.08. The minimum Gasteiger partial charge on any atom is -0.387 e. The molecule has 1 nitrogen and oxygen atoms in total. The van der Waals surface area contributed by atoms with E-state index in [1.165, 1.54) is 11.1 Å². The van der Waals surface area contributed by atoms with Gasteiger partial charge in [-0.1, -0.05) is 32.0 Å². The molecule has 78 valence electrons. The van der Waals surface area contributed by atoms with Crippen molar-refractivity contribution in [2.24, 2.45) is 0 Å². The molecule has 2 heteroatoms. The maximum atomic E-state index is 9.73. The number of hydrogen-bond donors (Lipinski definition) is 1. The summed E-state index contributed by atoms with van der Waals surface area (Å²) in [6, 6.07) is 6.26. The molecule has 0 saturated heterocycles. The third-order valence-corrected chi connectivity index (χ3v) is 2.80. The van der Waals surface area contributed by atoms with Crippen molar-refractivity contribution in [2.75, 3.05) is 5.88 Å². The lowest BCUT2D eigenvalue weighted by atomic mass is 9.97. The van der Waals surface area contributed by atoms with Crippen molar-refractivity contribution in [3.8, 4) is 0 Å². The molecule has 0 aliphatic heterocycles. The Bertz CT molecular complexity index is 296. The highest BCUT2D eigenvalue weighted by atomic mass is 35.5. The summed E-state index contributed by atoms with van der Waals surface area (Å²) in [6.45, 7) is 4.20. The fourth-order valence-corrected chi connectivity index (χ4v) is 1.75. The second-order valence-electron chi connectivity index (χ2n) is 3.41. The Labute approximate surface area is 90.7 Å². The van der Waals surface area contributed by atoms with E-state index in [4.69, 9.17) is 11.6 Å². The molecule has 1 atom stereocenters. The number of benzene rings is 1. The molecule has 0 fully saturated rings. The fourth-order valence-electron chi connectivity index (χ4n) is 1.58. The Morgan fingerprint density at radius 3 is 2.50 bits per heavy atom. The third-order valence-electron chi connectivity index (χ3n) is 2.50. The van der Waals surface area contributed by atoms with E-state index in [0.29, 0.717) is 0 Å². The van der Waals surface area contributed by atoms with E-state index in [9.17, 15) is 5.11 Å². The topological polar surface area (TPSA) is 20.2 Å². The number of aliphatic hydroxyl groups is 1. The summed E-state index contributed by atoms with van der Waals surface area (Å²) in [4.78, 5) is 0. The molecule has 0 radical (unpaired) electrons. The zero-order valence-electron chi connectivity index (χ0n) is 8.76. The van der Waals surface area contributed by atoms with E-state index < -0.39 is 6.10 Å². The number of halogens is 1. The van der Waals surface area contributed by atoms with Crippen LogP contribution in [0.15, 0.2) is 18.2 Å². The maximum Gasteiger partial charge on any atom is 0.0928 e. The van der Waals surface area contributed by atoms with E-state index in [1.54, 1.807) is 0 Å². The van der Waals surface area contributed by atoms with Crippen LogP contribution in [0.3, 0.4) is 0 Å². The molecule has 0 aliphatic carbocycles. The molecule has 1 aromatic rings. The van der Waals surface area contributed by atoms with Gasteiger partial charge >= 0.3 is 0 Å². The van der Waals surface area contributed by atoms with E-state index in [1.807, 2.05) is 0 Å². The molecule has 14 heavy (non-hydrogen) atoms. The van der Waals surface area contributed by atoms with Crippen LogP contribution in [-0.4, -0.2) is 11.0 Å². The van der Waals surface area contributed by atoms with Crippen molar-refractivity contribution in [2.45, 2.75) is 32.8 Å². The largest absolute Gasteiger partial charge is 0.387 e. The molecule has 0 bridgehead atoms. The predicted octanol–water partition coefficient (Wildman–Crippen LogP) is 3.08. The monoisotopic (exact) mass is 212 g/mol. The molecule has 0 aromatic heterocycles. The molecule has 0 heterocycles. The Hall–Kier alpha value is -0.530. The Morgan fingerprint density at radius 1 is 1.29 bits per heavy atom. The van der Waals surface area contributed by atoms with Gasteiger partial charge in [-0.05, 0) is 29.5 Å². The van der Waals surface area contributed by atoms with E-state index in [-0.39, 0.29) is 5.88 Å². The van der Waals surface area contributed by atoms with Crippen LogP contribution >= 0.6 is 11.6 Å². The Kier molecular flexibility index (Phi) is 4.43. The number of alkyl halides is 1. The van der Waals surface area contributed by atoms with E-state index in [2.05, 4.69) is 32.0 Å². The normalized spacial score (nSPS) is 12.9. The van der Waals surface area contributed by atoms with E-state index >= 15 is 0 Å². The number of rotatable bonds is 4. The van der Waals surface area contributed by atoms with Crippen LogP contribution in [0.2, 0.25) is 0 Å². The van der Waals surface area contributed by atoms with Crippen molar-refractivity contribution in [3.05, 3.63) is 34.9 Å². The lowest BCUT2D eigenvalue weighted by molar-refractivity contribution is 0.201. The smallest absolute Gasteiger partial charge is 0.0928 e. The van der Waals surface area contributed by atoms with Crippen LogP contribution in [0.1, 0.15) is 36.6 Å². The van der Waals surface area contributed by atoms with Gasteiger partial charge in [0.2, 0.25) is 0 Å². The molecule has 0 aliphatic rings. The average Bonchev–Trinajstić information content (AvgIpc) is 2.27. The van der Waals surface area contributed by atoms with Crippen LogP contribution in [0.5, 0.6) is 0 Å². The van der Waals surface area contributed by atoms with Gasteiger partial charge in [-0.3, -0.25) is 0 Å². The van der Waals surface area contributed by atoms with Crippen LogP contribution in [0.4, 0.5) is 0 Å². The molecule has 0 unspecified atom stereocenters. The molecule has 1 N–H and O–H groups in total. The average molecular weight is 213 g/mol. The first-order valence-electron chi connectivity index (χ1n) is 5.08. The summed E-state index contributed by atoms with van der Waals surface area (Å²) in [6.07, 6.45) is 1.40. The molecule has 1 rings (SSSR count). The first-order chi connectivity index (χ1) is 6.72. The SMILES string of the molecule is CCc1ccc(CC)c([C@@H](O)CCl)c1. The molecule has 0 spiro atoms. The van der Waals surface area contributed by atoms with Crippen molar-refractivity contribution in [3.63, 3.8) is 0 Å². The zero-order chi connectivity index (χ0) is 10.6. The molecular weight excluding hydrogens is 196 g/mol. The van der Waals surface area contributed by atoms with Crippen LogP contribution in [0, 0.1) is 0 Å². The first kappa shape index (κ1) is 11.5. The van der Waals surface area contributed by atoms with Gasteiger partial charge in [0.05, 0.1) is 12.0 Å². The summed E-state index contributed by atoms with van der Waals surface area (Å²) in [5.41, 5.74) is 3.43. The van der Waals surface area contributed by atoms with Crippen LogP contribution < -0.4 is 0 Å². The van der Waals surface area contributed by atoms with Crippen molar-refractivity contribution in [1.29, 1.82) is 0 Å². The van der Waals surface area contributed by atoms with Gasteiger partial charge in [-0.2, -0.15) is 0 Å². The van der Waals surface area contributed by atoms with E-state index in [0.717, 1.165) is 18.4 Å². The van der Waals surface area contributed by atoms with Gasteiger partial charge in [0, 0.05) is 0 Å². The summed E-state index contributed by atoms with van der Waals surface area (Å²) >= 11 is 5.66. The highest BCUT2D eigenvalue weighted by Crippen LogP contribution is 2.21. The third kappa shape index (κ3) is 2.49. The minimum absolute atomic E-state index is 0.264. The fraction of sp³-hybridized carbons (Fsp3) is 0.500. The summed E-state index contributed by atoms with van der Waals surface area (Å²) < 4.78 is 0. The van der Waals surface area contributed by atoms with Gasteiger partial charge in [0.25, 0.3) is 0 Å². The van der Waals surface area contributed by atoms with Crippen molar-refractivity contribution < 1.29 is 5.11 Å². The highest BCUT2D eigenvalue weighted by Gasteiger charge is 2.10. The van der Waals surface area contributed by atoms with Gasteiger partial charge in [-0.25, -0.2) is 0 Å². The molecule has 1 aromatic carbocycles. The second-order valence-corrected chi connectivity index (χ2v) is 3.72. The highest BCUT2D eigenvalue weighted by molar-refractivity contribution is 6.18. The zero-order valence-corrected chi connectivity index (χ0v) is 9.51. The maximum absolute atomic E-state index is 9.73. The summed E-state index contributed by atoms with van der Waals surface area (Å²) in [5, 5.41) is 9.73. The summed E-state index contributed by atoms with van der Waals surface area (Å²) in [5.74, 6) is 0.264. The lowest BCUT2D eigenvalue weighted by Crippen LogP contribution is -2.03. The van der Waals surface area contributed by atoms with Gasteiger partial charge in [0.1, 0.15) is 0 Å². The van der Waals surface area contributed by atoms with Crippen LogP contribution in [-0.2, 0) is 12.8 Å². The summed E-state index contributed by atoms with van der Waals surface area (Å²) in [7, 11) is 0. The lowest BCUT2D eigenvalue weighted by Gasteiger charge is -2.13. The second kappa shape index (κ2) is 5.38. The van der Waals surface area contributed by atoms with Gasteiger partial charge in [0.15, 0.2) is 0 Å². The Morgan fingerprint density at radius 2 is 2.00 bits per heavy atom.